The van der Waals surface area contributed by atoms with Crippen molar-refractivity contribution >= 4 is 17.7 Å². The van der Waals surface area contributed by atoms with Crippen LogP contribution in [0.5, 0.6) is 0 Å². The Balaban J connectivity index is 2.46. The Labute approximate surface area is 70.3 Å². The molecule has 2 atom stereocenters. The van der Waals surface area contributed by atoms with Gasteiger partial charge in [-0.1, -0.05) is 0 Å². The van der Waals surface area contributed by atoms with E-state index in [1.54, 1.807) is 11.8 Å². The van der Waals surface area contributed by atoms with E-state index in [-0.39, 0.29) is 17.7 Å². The van der Waals surface area contributed by atoms with E-state index in [2.05, 4.69) is 0 Å². The average molecular weight is 175 g/mol. The molecule has 1 fully saturated rings. The molecule has 0 bridgehead atoms. The molecule has 4 heteroatoms. The summed E-state index contributed by atoms with van der Waals surface area (Å²) >= 11 is 1.74. The third-order valence-corrected chi connectivity index (χ3v) is 3.50. The van der Waals surface area contributed by atoms with E-state index in [4.69, 9.17) is 10.8 Å². The fraction of sp³-hybridized carbons (Fsp3) is 0.857. The number of carboxylic acids is 1. The van der Waals surface area contributed by atoms with Crippen LogP contribution < -0.4 is 5.73 Å². The van der Waals surface area contributed by atoms with E-state index < -0.39 is 5.97 Å². The lowest BCUT2D eigenvalue weighted by Gasteiger charge is -2.15. The minimum atomic E-state index is -0.744. The van der Waals surface area contributed by atoms with Gasteiger partial charge in [0.15, 0.2) is 0 Å². The van der Waals surface area contributed by atoms with Crippen LogP contribution in [0.4, 0.5) is 0 Å². The van der Waals surface area contributed by atoms with Gasteiger partial charge in [0.25, 0.3) is 0 Å². The predicted molar refractivity (Wildman–Crippen MR) is 45.7 cm³/mol. The summed E-state index contributed by atoms with van der Waals surface area (Å²) in [7, 11) is 0. The van der Waals surface area contributed by atoms with Gasteiger partial charge < -0.3 is 10.8 Å². The quantitative estimate of drug-likeness (QED) is 0.657. The van der Waals surface area contributed by atoms with Gasteiger partial charge in [-0.25, -0.2) is 0 Å². The van der Waals surface area contributed by atoms with E-state index in [0.29, 0.717) is 0 Å². The number of thioether (sulfide) groups is 1. The molecular weight excluding hydrogens is 162 g/mol. The lowest BCUT2D eigenvalue weighted by molar-refractivity contribution is -0.141. The fourth-order valence-electron chi connectivity index (χ4n) is 1.33. The maximum absolute atomic E-state index is 10.6. The van der Waals surface area contributed by atoms with Crippen LogP contribution in [0.1, 0.15) is 12.8 Å². The molecule has 1 aliphatic heterocycles. The van der Waals surface area contributed by atoms with Crippen LogP contribution in [-0.2, 0) is 4.79 Å². The first-order valence-corrected chi connectivity index (χ1v) is 4.85. The smallest absolute Gasteiger partial charge is 0.308 e. The zero-order valence-electron chi connectivity index (χ0n) is 6.32. The zero-order chi connectivity index (χ0) is 8.27. The van der Waals surface area contributed by atoms with Gasteiger partial charge in [-0.15, -0.1) is 0 Å². The van der Waals surface area contributed by atoms with Crippen LogP contribution in [0.3, 0.4) is 0 Å². The van der Waals surface area contributed by atoms with Crippen LogP contribution in [0, 0.1) is 5.92 Å². The normalized spacial score (nSPS) is 26.8. The maximum Gasteiger partial charge on any atom is 0.308 e. The number of carbonyl (C=O) groups is 1. The highest BCUT2D eigenvalue weighted by Gasteiger charge is 2.29. The number of hydrogen-bond acceptors (Lipinski definition) is 3. The molecule has 11 heavy (non-hydrogen) atoms. The molecule has 0 amide bonds. The number of carboxylic acid groups (broad SMARTS) is 1. The van der Waals surface area contributed by atoms with Crippen molar-refractivity contribution in [2.75, 3.05) is 12.3 Å². The fourth-order valence-corrected chi connectivity index (χ4v) is 2.76. The van der Waals surface area contributed by atoms with E-state index in [1.165, 1.54) is 0 Å². The van der Waals surface area contributed by atoms with Crippen molar-refractivity contribution in [3.63, 3.8) is 0 Å². The summed E-state index contributed by atoms with van der Waals surface area (Å²) in [6, 6.07) is 0. The summed E-state index contributed by atoms with van der Waals surface area (Å²) in [4.78, 5) is 10.6. The van der Waals surface area contributed by atoms with Gasteiger partial charge in [-0.2, -0.15) is 11.8 Å². The molecule has 3 N–H and O–H groups in total. The van der Waals surface area contributed by atoms with Crippen LogP contribution >= 0.6 is 11.8 Å². The second-order valence-corrected chi connectivity index (χ2v) is 4.08. The molecule has 0 radical (unpaired) electrons. The first-order chi connectivity index (χ1) is 5.25. The van der Waals surface area contributed by atoms with Gasteiger partial charge in [0.1, 0.15) is 0 Å². The molecule has 1 saturated heterocycles. The number of nitrogens with two attached hydrogens (primary N) is 1. The third kappa shape index (κ3) is 2.10. The summed E-state index contributed by atoms with van der Waals surface area (Å²) in [6.45, 7) is 0.271. The Kier molecular flexibility index (Phi) is 3.20. The van der Waals surface area contributed by atoms with Crippen molar-refractivity contribution in [3.8, 4) is 0 Å². The van der Waals surface area contributed by atoms with E-state index in [0.717, 1.165) is 18.6 Å². The summed E-state index contributed by atoms with van der Waals surface area (Å²) in [5.41, 5.74) is 5.36. The summed E-state index contributed by atoms with van der Waals surface area (Å²) in [5, 5.41) is 9.00. The van der Waals surface area contributed by atoms with Crippen molar-refractivity contribution in [3.05, 3.63) is 0 Å². The molecule has 2 unspecified atom stereocenters. The van der Waals surface area contributed by atoms with Crippen LogP contribution in [-0.4, -0.2) is 28.6 Å². The second kappa shape index (κ2) is 3.97. The molecule has 64 valence electrons. The standard InChI is InChI=1S/C7H13NO2S/c8-4-5(7(9)10)6-2-1-3-11-6/h5-6H,1-4,8H2,(H,9,10). The highest BCUT2D eigenvalue weighted by Crippen LogP contribution is 2.31. The van der Waals surface area contributed by atoms with Gasteiger partial charge in [-0.3, -0.25) is 4.79 Å². The molecule has 0 aromatic carbocycles. The van der Waals surface area contributed by atoms with Crippen LogP contribution in [0.15, 0.2) is 0 Å². The van der Waals surface area contributed by atoms with E-state index in [9.17, 15) is 4.79 Å². The second-order valence-electron chi connectivity index (χ2n) is 2.73. The summed E-state index contributed by atoms with van der Waals surface area (Å²) < 4.78 is 0. The molecule has 1 heterocycles. The van der Waals surface area contributed by atoms with Gasteiger partial charge >= 0.3 is 5.97 Å². The van der Waals surface area contributed by atoms with Crippen molar-refractivity contribution < 1.29 is 9.90 Å². The highest BCUT2D eigenvalue weighted by molar-refractivity contribution is 8.00. The molecule has 1 rings (SSSR count). The van der Waals surface area contributed by atoms with Gasteiger partial charge in [0.2, 0.25) is 0 Å². The van der Waals surface area contributed by atoms with Crippen LogP contribution in [0.2, 0.25) is 0 Å². The van der Waals surface area contributed by atoms with E-state index >= 15 is 0 Å². The molecule has 0 spiro atoms. The van der Waals surface area contributed by atoms with Crippen LogP contribution in [0.25, 0.3) is 0 Å². The lowest BCUT2D eigenvalue weighted by atomic mass is 10.0. The minimum Gasteiger partial charge on any atom is -0.481 e. The van der Waals surface area contributed by atoms with Gasteiger partial charge in [0.05, 0.1) is 5.92 Å². The molecule has 0 aliphatic carbocycles. The average Bonchev–Trinajstić information content (AvgIpc) is 2.40. The lowest BCUT2D eigenvalue weighted by Crippen LogP contribution is -2.31. The predicted octanol–water partition coefficient (Wildman–Crippen LogP) is 0.542. The number of rotatable bonds is 3. The third-order valence-electron chi connectivity index (χ3n) is 1.98. The summed E-state index contributed by atoms with van der Waals surface area (Å²) in [6.07, 6.45) is 2.15. The monoisotopic (exact) mass is 175 g/mol. The Morgan fingerprint density at radius 3 is 2.91 bits per heavy atom. The minimum absolute atomic E-state index is 0.262. The highest BCUT2D eigenvalue weighted by atomic mass is 32.2. The molecule has 0 saturated carbocycles. The van der Waals surface area contributed by atoms with Crippen molar-refractivity contribution in [2.24, 2.45) is 11.7 Å². The molecule has 3 nitrogen and oxygen atoms in total. The Bertz CT molecular complexity index is 145. The molecule has 0 aromatic heterocycles. The SMILES string of the molecule is NCC(C(=O)O)C1CCCS1. The summed E-state index contributed by atoms with van der Waals surface area (Å²) in [5.74, 6) is 0.0171. The number of hydrogen-bond donors (Lipinski definition) is 2. The molecule has 1 aliphatic rings. The topological polar surface area (TPSA) is 63.3 Å². The Morgan fingerprint density at radius 1 is 1.82 bits per heavy atom. The van der Waals surface area contributed by atoms with Crippen molar-refractivity contribution in [1.29, 1.82) is 0 Å². The van der Waals surface area contributed by atoms with E-state index in [1.807, 2.05) is 0 Å². The largest absolute Gasteiger partial charge is 0.481 e. The number of aliphatic carboxylic acids is 1. The first kappa shape index (κ1) is 8.87. The first-order valence-electron chi connectivity index (χ1n) is 3.80. The van der Waals surface area contributed by atoms with Gasteiger partial charge in [-0.05, 0) is 18.6 Å². The molecular formula is C7H13NO2S. The zero-order valence-corrected chi connectivity index (χ0v) is 7.14. The van der Waals surface area contributed by atoms with Gasteiger partial charge in [0, 0.05) is 11.8 Å². The Hall–Kier alpha value is -0.220. The van der Waals surface area contributed by atoms with Crippen molar-refractivity contribution in [1.82, 2.24) is 0 Å². The van der Waals surface area contributed by atoms with Crippen molar-refractivity contribution in [2.45, 2.75) is 18.1 Å². The Morgan fingerprint density at radius 2 is 2.55 bits per heavy atom. The maximum atomic E-state index is 10.6. The molecule has 0 aromatic rings.